The van der Waals surface area contributed by atoms with Crippen molar-refractivity contribution < 1.29 is 48.1 Å². The molecule has 2 rings (SSSR count). The van der Waals surface area contributed by atoms with E-state index in [4.69, 9.17) is 37.9 Å². The molecule has 0 spiro atoms. The van der Waals surface area contributed by atoms with E-state index >= 15 is 0 Å². The molecule has 0 aliphatic carbocycles. The van der Waals surface area contributed by atoms with Gasteiger partial charge in [-0.1, -0.05) is 24.3 Å². The third-order valence-electron chi connectivity index (χ3n) is 7.45. The van der Waals surface area contributed by atoms with Crippen molar-refractivity contribution in [2.75, 3.05) is 52.9 Å². The molecule has 10 heteroatoms. The van der Waals surface area contributed by atoms with Gasteiger partial charge in [0.15, 0.2) is 0 Å². The van der Waals surface area contributed by atoms with E-state index in [9.17, 15) is 10.2 Å². The molecule has 280 valence electrons. The molecule has 0 fully saturated rings. The summed E-state index contributed by atoms with van der Waals surface area (Å²) in [6.07, 6.45) is 1.63. The van der Waals surface area contributed by atoms with Crippen LogP contribution >= 0.6 is 0 Å². The lowest BCUT2D eigenvalue weighted by Crippen LogP contribution is -2.28. The zero-order valence-electron chi connectivity index (χ0n) is 31.2. The Morgan fingerprint density at radius 1 is 0.388 bits per heavy atom. The Morgan fingerprint density at radius 3 is 0.939 bits per heavy atom. The minimum absolute atomic E-state index is 0.0648. The highest BCUT2D eigenvalue weighted by atomic mass is 16.6. The predicted octanol–water partition coefficient (Wildman–Crippen LogP) is 5.81. The Balaban J connectivity index is 1.56. The number of benzene rings is 2. The van der Waals surface area contributed by atoms with Crippen molar-refractivity contribution in [3.63, 3.8) is 0 Å². The second-order valence-electron chi connectivity index (χ2n) is 13.3. The van der Waals surface area contributed by atoms with Crippen LogP contribution in [0.15, 0.2) is 48.5 Å². The first-order chi connectivity index (χ1) is 23.4. The van der Waals surface area contributed by atoms with E-state index in [1.807, 2.05) is 65.8 Å². The van der Waals surface area contributed by atoms with Crippen LogP contribution in [-0.4, -0.2) is 112 Å². The maximum atomic E-state index is 9.31. The number of ether oxygens (including phenoxy) is 8. The molecule has 0 aliphatic rings. The number of hydrogen-bond acceptors (Lipinski definition) is 10. The summed E-state index contributed by atoms with van der Waals surface area (Å²) >= 11 is 0. The van der Waals surface area contributed by atoms with Gasteiger partial charge in [-0.2, -0.15) is 0 Å². The molecule has 2 aromatic carbocycles. The van der Waals surface area contributed by atoms with Crippen molar-refractivity contribution in [2.24, 2.45) is 0 Å². The highest BCUT2D eigenvalue weighted by Crippen LogP contribution is 2.17. The lowest BCUT2D eigenvalue weighted by molar-refractivity contribution is -0.0814. The lowest BCUT2D eigenvalue weighted by Gasteiger charge is -2.20. The fourth-order valence-electron chi connectivity index (χ4n) is 4.52. The summed E-state index contributed by atoms with van der Waals surface area (Å²) in [6.45, 7) is 18.5. The Kier molecular flexibility index (Phi) is 21.7. The molecule has 0 saturated heterocycles. The summed E-state index contributed by atoms with van der Waals surface area (Å²) in [4.78, 5) is 0. The van der Waals surface area contributed by atoms with Crippen molar-refractivity contribution in [3.05, 3.63) is 59.7 Å². The monoisotopic (exact) mass is 692 g/mol. The van der Waals surface area contributed by atoms with Crippen LogP contribution in [-0.2, 0) is 41.3 Å². The molecular formula is C39H64O10. The summed E-state index contributed by atoms with van der Waals surface area (Å²) in [5, 5.41) is 18.6. The van der Waals surface area contributed by atoms with Crippen LogP contribution in [0, 0.1) is 0 Å². The Bertz CT molecular complexity index is 993. The van der Waals surface area contributed by atoms with Gasteiger partial charge in [0.05, 0.1) is 88.5 Å². The summed E-state index contributed by atoms with van der Waals surface area (Å²) in [6, 6.07) is 16.6. The fourth-order valence-corrected chi connectivity index (χ4v) is 4.52. The normalized spacial score (nSPS) is 16.7. The van der Waals surface area contributed by atoms with Crippen molar-refractivity contribution >= 4 is 0 Å². The largest absolute Gasteiger partial charge is 0.491 e. The van der Waals surface area contributed by atoms with Gasteiger partial charge in [0.1, 0.15) is 24.7 Å². The zero-order valence-corrected chi connectivity index (χ0v) is 31.2. The van der Waals surface area contributed by atoms with Crippen LogP contribution in [0.25, 0.3) is 0 Å². The molecule has 2 N–H and O–H groups in total. The molecule has 0 amide bonds. The minimum atomic E-state index is -0.481. The molecule has 49 heavy (non-hydrogen) atoms. The molecule has 0 saturated carbocycles. The number of aliphatic hydroxyl groups excluding tert-OH is 2. The first-order valence-corrected chi connectivity index (χ1v) is 17.9. The molecule has 0 radical (unpaired) electrons. The second kappa shape index (κ2) is 24.8. The topological polar surface area (TPSA) is 114 Å². The van der Waals surface area contributed by atoms with E-state index in [-0.39, 0.29) is 36.6 Å². The quantitative estimate of drug-likeness (QED) is 0.113. The second-order valence-corrected chi connectivity index (χ2v) is 13.3. The first kappa shape index (κ1) is 42.9. The third-order valence-corrected chi connectivity index (χ3v) is 7.45. The van der Waals surface area contributed by atoms with Gasteiger partial charge in [0.25, 0.3) is 0 Å². The Morgan fingerprint density at radius 2 is 0.653 bits per heavy atom. The molecule has 0 aromatic heterocycles. The van der Waals surface area contributed by atoms with Crippen LogP contribution in [0.5, 0.6) is 11.5 Å². The lowest BCUT2D eigenvalue weighted by atomic mass is 10.0. The highest BCUT2D eigenvalue weighted by Gasteiger charge is 2.13. The van der Waals surface area contributed by atoms with Gasteiger partial charge in [-0.3, -0.25) is 0 Å². The third kappa shape index (κ3) is 21.5. The predicted molar refractivity (Wildman–Crippen MR) is 192 cm³/mol. The number of hydrogen-bond donors (Lipinski definition) is 2. The van der Waals surface area contributed by atoms with E-state index in [0.29, 0.717) is 52.9 Å². The van der Waals surface area contributed by atoms with Gasteiger partial charge in [-0.15, -0.1) is 0 Å². The maximum Gasteiger partial charge on any atom is 0.119 e. The highest BCUT2D eigenvalue weighted by molar-refractivity contribution is 5.29. The first-order valence-electron chi connectivity index (χ1n) is 17.9. The Hall–Kier alpha value is -2.28. The van der Waals surface area contributed by atoms with E-state index in [1.54, 1.807) is 13.8 Å². The zero-order chi connectivity index (χ0) is 36.0. The van der Waals surface area contributed by atoms with E-state index < -0.39 is 12.2 Å². The fraction of sp³-hybridized carbons (Fsp3) is 0.692. The van der Waals surface area contributed by atoms with Crippen molar-refractivity contribution in [2.45, 2.75) is 123 Å². The standard InChI is InChI=1S/C39H64O10/c1-28(40)20-42-30(3)22-44-32(5)24-46-34(7)26-48-38-16-12-36(13-17-38)10-9-11-37-14-18-39(19-15-37)49-27-35(8)47-25-33(6)45-23-31(4)43-21-29(2)41/h12-19,28-35,40-41H,9-11,20-27H2,1-8H3. The van der Waals surface area contributed by atoms with E-state index in [2.05, 4.69) is 24.3 Å². The average molecular weight is 693 g/mol. The smallest absolute Gasteiger partial charge is 0.119 e. The molecule has 2 aromatic rings. The van der Waals surface area contributed by atoms with Gasteiger partial charge in [-0.05, 0) is 110 Å². The summed E-state index contributed by atoms with van der Waals surface area (Å²) in [5.74, 6) is 1.66. The van der Waals surface area contributed by atoms with E-state index in [1.165, 1.54) is 11.1 Å². The average Bonchev–Trinajstić information content (AvgIpc) is 3.08. The van der Waals surface area contributed by atoms with E-state index in [0.717, 1.165) is 30.8 Å². The molecule has 8 unspecified atom stereocenters. The van der Waals surface area contributed by atoms with Crippen molar-refractivity contribution in [3.8, 4) is 11.5 Å². The Labute approximate surface area is 295 Å². The molecule has 8 atom stereocenters. The molecular weight excluding hydrogens is 628 g/mol. The van der Waals surface area contributed by atoms with Crippen LogP contribution in [0.4, 0.5) is 0 Å². The van der Waals surface area contributed by atoms with Crippen LogP contribution < -0.4 is 9.47 Å². The van der Waals surface area contributed by atoms with Crippen molar-refractivity contribution in [1.29, 1.82) is 0 Å². The van der Waals surface area contributed by atoms with Gasteiger partial charge in [-0.25, -0.2) is 0 Å². The molecule has 0 aliphatic heterocycles. The number of aliphatic hydroxyl groups is 2. The van der Waals surface area contributed by atoms with Crippen LogP contribution in [0.3, 0.4) is 0 Å². The summed E-state index contributed by atoms with van der Waals surface area (Å²) in [5.41, 5.74) is 2.56. The van der Waals surface area contributed by atoms with Gasteiger partial charge in [0.2, 0.25) is 0 Å². The molecule has 10 nitrogen and oxygen atoms in total. The molecule has 0 heterocycles. The number of rotatable bonds is 28. The van der Waals surface area contributed by atoms with Crippen LogP contribution in [0.1, 0.15) is 72.9 Å². The van der Waals surface area contributed by atoms with Gasteiger partial charge < -0.3 is 48.1 Å². The van der Waals surface area contributed by atoms with Gasteiger partial charge in [0, 0.05) is 0 Å². The van der Waals surface area contributed by atoms with Crippen LogP contribution in [0.2, 0.25) is 0 Å². The molecule has 0 bridgehead atoms. The summed E-state index contributed by atoms with van der Waals surface area (Å²) < 4.78 is 46.2. The van der Waals surface area contributed by atoms with Crippen molar-refractivity contribution in [1.82, 2.24) is 0 Å². The minimum Gasteiger partial charge on any atom is -0.491 e. The SMILES string of the molecule is CC(O)COC(C)COC(C)COC(C)COc1ccc(CCCc2ccc(OCC(C)OCC(C)OCC(C)OCC(C)O)cc2)cc1. The number of aryl methyl sites for hydroxylation is 2. The summed E-state index contributed by atoms with van der Waals surface area (Å²) in [7, 11) is 0. The maximum absolute atomic E-state index is 9.31. The van der Waals surface area contributed by atoms with Gasteiger partial charge >= 0.3 is 0 Å².